The van der Waals surface area contributed by atoms with Crippen molar-refractivity contribution in [2.75, 3.05) is 20.3 Å². The molecule has 130 valence electrons. The maximum absolute atomic E-state index is 5.94. The Balaban J connectivity index is 1.97. The average molecular weight is 329 g/mol. The van der Waals surface area contributed by atoms with E-state index in [0.717, 1.165) is 22.8 Å². The summed E-state index contributed by atoms with van der Waals surface area (Å²) in [5, 5.41) is 0. The smallest absolute Gasteiger partial charge is 0.127 e. The Morgan fingerprint density at radius 2 is 1.67 bits per heavy atom. The van der Waals surface area contributed by atoms with Gasteiger partial charge in [-0.25, -0.2) is 0 Å². The lowest BCUT2D eigenvalue weighted by Crippen LogP contribution is -2.12. The van der Waals surface area contributed by atoms with Crippen molar-refractivity contribution in [1.29, 1.82) is 0 Å². The molecule has 0 radical (unpaired) electrons. The zero-order valence-electron chi connectivity index (χ0n) is 15.0. The molecule has 2 rings (SSSR count). The Morgan fingerprint density at radius 3 is 2.29 bits per heavy atom. The van der Waals surface area contributed by atoms with E-state index >= 15 is 0 Å². The zero-order valence-corrected chi connectivity index (χ0v) is 15.0. The molecular weight excluding hydrogens is 302 g/mol. The van der Waals surface area contributed by atoms with Crippen LogP contribution in [0.5, 0.6) is 17.2 Å². The minimum absolute atomic E-state index is 0.420. The third-order valence-electron chi connectivity index (χ3n) is 3.88. The quantitative estimate of drug-likeness (QED) is 0.743. The van der Waals surface area contributed by atoms with Crippen LogP contribution in [-0.2, 0) is 6.54 Å². The van der Waals surface area contributed by atoms with Crippen molar-refractivity contribution in [3.8, 4) is 17.2 Å². The molecule has 0 aliphatic heterocycles. The van der Waals surface area contributed by atoms with E-state index in [4.69, 9.17) is 19.9 Å². The number of hydrogen-bond donors (Lipinski definition) is 1. The van der Waals surface area contributed by atoms with Gasteiger partial charge in [-0.3, -0.25) is 0 Å². The maximum atomic E-state index is 5.94. The van der Waals surface area contributed by atoms with Gasteiger partial charge in [0.1, 0.15) is 30.5 Å². The Hall–Kier alpha value is -2.20. The molecule has 0 aliphatic rings. The molecule has 0 saturated heterocycles. The second-order valence-corrected chi connectivity index (χ2v) is 6.07. The first kappa shape index (κ1) is 18.1. The summed E-state index contributed by atoms with van der Waals surface area (Å²) in [5.41, 5.74) is 9.11. The molecule has 4 heteroatoms. The molecule has 2 aromatic rings. The van der Waals surface area contributed by atoms with Crippen LogP contribution in [0.2, 0.25) is 0 Å². The van der Waals surface area contributed by atoms with E-state index in [1.165, 1.54) is 11.1 Å². The van der Waals surface area contributed by atoms with Gasteiger partial charge >= 0.3 is 0 Å². The lowest BCUT2D eigenvalue weighted by Gasteiger charge is -2.16. The van der Waals surface area contributed by atoms with E-state index in [1.54, 1.807) is 7.11 Å². The predicted molar refractivity (Wildman–Crippen MR) is 97.1 cm³/mol. The van der Waals surface area contributed by atoms with Crippen LogP contribution in [0.1, 0.15) is 36.5 Å². The number of ether oxygens (including phenoxy) is 3. The molecule has 0 atom stereocenters. The highest BCUT2D eigenvalue weighted by Gasteiger charge is 2.09. The number of hydrogen-bond acceptors (Lipinski definition) is 4. The van der Waals surface area contributed by atoms with E-state index in [9.17, 15) is 0 Å². The van der Waals surface area contributed by atoms with Crippen molar-refractivity contribution >= 4 is 0 Å². The summed E-state index contributed by atoms with van der Waals surface area (Å²) in [4.78, 5) is 0. The van der Waals surface area contributed by atoms with Gasteiger partial charge in [-0.2, -0.15) is 0 Å². The maximum Gasteiger partial charge on any atom is 0.127 e. The topological polar surface area (TPSA) is 53.7 Å². The van der Waals surface area contributed by atoms with Crippen LogP contribution in [0.25, 0.3) is 0 Å². The molecule has 0 aromatic heterocycles. The van der Waals surface area contributed by atoms with Crippen molar-refractivity contribution in [3.05, 3.63) is 53.1 Å². The first-order valence-electron chi connectivity index (χ1n) is 8.28. The van der Waals surface area contributed by atoms with Crippen molar-refractivity contribution < 1.29 is 14.2 Å². The van der Waals surface area contributed by atoms with Gasteiger partial charge in [0.2, 0.25) is 0 Å². The molecule has 0 fully saturated rings. The van der Waals surface area contributed by atoms with E-state index in [1.807, 2.05) is 18.2 Å². The number of benzene rings is 2. The fourth-order valence-corrected chi connectivity index (χ4v) is 2.51. The second kappa shape index (κ2) is 8.60. The Labute approximate surface area is 144 Å². The second-order valence-electron chi connectivity index (χ2n) is 6.07. The van der Waals surface area contributed by atoms with Gasteiger partial charge in [0.25, 0.3) is 0 Å². The van der Waals surface area contributed by atoms with Crippen LogP contribution in [0.15, 0.2) is 36.4 Å². The van der Waals surface area contributed by atoms with Gasteiger partial charge in [0.15, 0.2) is 0 Å². The Morgan fingerprint density at radius 1 is 0.958 bits per heavy atom. The van der Waals surface area contributed by atoms with Gasteiger partial charge in [-0.1, -0.05) is 32.0 Å². The molecule has 4 nitrogen and oxygen atoms in total. The third-order valence-corrected chi connectivity index (χ3v) is 3.88. The lowest BCUT2D eigenvalue weighted by molar-refractivity contribution is 0.213. The number of nitrogens with two attached hydrogens (primary N) is 1. The van der Waals surface area contributed by atoms with Gasteiger partial charge in [-0.05, 0) is 36.1 Å². The van der Waals surface area contributed by atoms with Crippen molar-refractivity contribution in [2.24, 2.45) is 5.73 Å². The first-order chi connectivity index (χ1) is 11.5. The number of aryl methyl sites for hydroxylation is 1. The Kier molecular flexibility index (Phi) is 6.50. The lowest BCUT2D eigenvalue weighted by atomic mass is 10.0. The van der Waals surface area contributed by atoms with Crippen LogP contribution in [0, 0.1) is 6.92 Å². The SMILES string of the molecule is COc1ccc(CN)c(OCCOc2cc(C)ccc2C(C)C)c1. The molecular formula is C20H27NO3. The molecule has 0 unspecified atom stereocenters. The summed E-state index contributed by atoms with van der Waals surface area (Å²) >= 11 is 0. The van der Waals surface area contributed by atoms with E-state index in [0.29, 0.717) is 25.7 Å². The number of rotatable bonds is 8. The fraction of sp³-hybridized carbons (Fsp3) is 0.400. The first-order valence-corrected chi connectivity index (χ1v) is 8.28. The highest BCUT2D eigenvalue weighted by atomic mass is 16.5. The standard InChI is InChI=1S/C20H27NO3/c1-14(2)18-8-5-15(3)11-20(18)24-10-9-23-19-12-17(22-4)7-6-16(19)13-21/h5-8,11-12,14H,9-10,13,21H2,1-4H3. The predicted octanol–water partition coefficient (Wildman–Crippen LogP) is 4.04. The average Bonchev–Trinajstić information content (AvgIpc) is 2.58. The molecule has 24 heavy (non-hydrogen) atoms. The van der Waals surface area contributed by atoms with Crippen LogP contribution in [0.3, 0.4) is 0 Å². The van der Waals surface area contributed by atoms with Crippen LogP contribution < -0.4 is 19.9 Å². The van der Waals surface area contributed by atoms with E-state index in [-0.39, 0.29) is 0 Å². The molecule has 2 N–H and O–H groups in total. The summed E-state index contributed by atoms with van der Waals surface area (Å²) in [7, 11) is 1.63. The summed E-state index contributed by atoms with van der Waals surface area (Å²) in [6.45, 7) is 7.75. The van der Waals surface area contributed by atoms with Crippen molar-refractivity contribution in [1.82, 2.24) is 0 Å². The minimum atomic E-state index is 0.420. The summed E-state index contributed by atoms with van der Waals surface area (Å²) < 4.78 is 17.0. The molecule has 0 aliphatic carbocycles. The largest absolute Gasteiger partial charge is 0.497 e. The Bertz CT molecular complexity index is 668. The van der Waals surface area contributed by atoms with Crippen LogP contribution >= 0.6 is 0 Å². The van der Waals surface area contributed by atoms with Gasteiger partial charge in [0, 0.05) is 18.2 Å². The minimum Gasteiger partial charge on any atom is -0.497 e. The molecule has 2 aromatic carbocycles. The fourth-order valence-electron chi connectivity index (χ4n) is 2.51. The molecule has 0 saturated carbocycles. The highest BCUT2D eigenvalue weighted by Crippen LogP contribution is 2.28. The monoisotopic (exact) mass is 329 g/mol. The van der Waals surface area contributed by atoms with Crippen molar-refractivity contribution in [3.63, 3.8) is 0 Å². The summed E-state index contributed by atoms with van der Waals surface area (Å²) in [6, 6.07) is 12.0. The number of methoxy groups -OCH3 is 1. The molecule has 0 amide bonds. The summed E-state index contributed by atoms with van der Waals surface area (Å²) in [5.74, 6) is 2.85. The van der Waals surface area contributed by atoms with E-state index in [2.05, 4.69) is 39.0 Å². The van der Waals surface area contributed by atoms with Crippen molar-refractivity contribution in [2.45, 2.75) is 33.2 Å². The van der Waals surface area contributed by atoms with Gasteiger partial charge < -0.3 is 19.9 Å². The highest BCUT2D eigenvalue weighted by molar-refractivity contribution is 5.41. The van der Waals surface area contributed by atoms with Crippen LogP contribution in [-0.4, -0.2) is 20.3 Å². The van der Waals surface area contributed by atoms with E-state index < -0.39 is 0 Å². The van der Waals surface area contributed by atoms with Gasteiger partial charge in [0.05, 0.1) is 7.11 Å². The van der Waals surface area contributed by atoms with Crippen LogP contribution in [0.4, 0.5) is 0 Å². The molecule has 0 bridgehead atoms. The zero-order chi connectivity index (χ0) is 17.5. The molecule has 0 heterocycles. The third kappa shape index (κ3) is 4.65. The normalized spacial score (nSPS) is 10.8. The summed E-state index contributed by atoms with van der Waals surface area (Å²) in [6.07, 6.45) is 0. The molecule has 0 spiro atoms. The van der Waals surface area contributed by atoms with Gasteiger partial charge in [-0.15, -0.1) is 0 Å².